The summed E-state index contributed by atoms with van der Waals surface area (Å²) in [6.45, 7) is -0.0752. The minimum absolute atomic E-state index is 0.125. The quantitative estimate of drug-likeness (QED) is 0.252. The molecule has 1 aromatic carbocycles. The van der Waals surface area contributed by atoms with Crippen LogP contribution in [0, 0.1) is 12.3 Å². The molecule has 3 rings (SSSR count). The topological polar surface area (TPSA) is 139 Å². The molecule has 11 heteroatoms. The van der Waals surface area contributed by atoms with E-state index in [0.717, 1.165) is 10.1 Å². The summed E-state index contributed by atoms with van der Waals surface area (Å²) in [6, 6.07) is 7.36. The Kier molecular flexibility index (Phi) is 7.15. The lowest BCUT2D eigenvalue weighted by molar-refractivity contribution is 0.370. The molecule has 32 heavy (non-hydrogen) atoms. The standard InChI is InChI=1S/C21H23N4O6P/c1-3-11-25-20(26)18-19(24(21(25)27)12-4-5-13-32(28,29)30)23-17(22-18)10-9-15-7-6-8-16(14-15)31-2/h1,6-10,14H,4-5,11-13H2,2H3,(H,22,23)(H2,28,29,30)/b10-9+. The summed E-state index contributed by atoms with van der Waals surface area (Å²) in [5.74, 6) is 3.35. The Bertz CT molecular complexity index is 1360. The summed E-state index contributed by atoms with van der Waals surface area (Å²) >= 11 is 0. The van der Waals surface area contributed by atoms with Gasteiger partial charge in [-0.05, 0) is 36.6 Å². The van der Waals surface area contributed by atoms with Crippen molar-refractivity contribution >= 4 is 30.9 Å². The Morgan fingerprint density at radius 2 is 2.03 bits per heavy atom. The minimum atomic E-state index is -4.12. The van der Waals surface area contributed by atoms with Crippen molar-refractivity contribution in [2.45, 2.75) is 25.9 Å². The van der Waals surface area contributed by atoms with Crippen molar-refractivity contribution in [1.29, 1.82) is 0 Å². The van der Waals surface area contributed by atoms with Gasteiger partial charge >= 0.3 is 13.3 Å². The average molecular weight is 458 g/mol. The summed E-state index contributed by atoms with van der Waals surface area (Å²) in [4.78, 5) is 51.0. The van der Waals surface area contributed by atoms with Gasteiger partial charge in [-0.15, -0.1) is 6.42 Å². The number of nitrogens with zero attached hydrogens (tertiary/aromatic N) is 3. The van der Waals surface area contributed by atoms with Crippen LogP contribution in [0.4, 0.5) is 0 Å². The van der Waals surface area contributed by atoms with E-state index in [0.29, 0.717) is 18.0 Å². The van der Waals surface area contributed by atoms with E-state index in [1.807, 2.05) is 24.3 Å². The van der Waals surface area contributed by atoms with Crippen molar-refractivity contribution < 1.29 is 19.1 Å². The van der Waals surface area contributed by atoms with Crippen LogP contribution in [0.3, 0.4) is 0 Å². The number of rotatable bonds is 9. The second-order valence-corrected chi connectivity index (χ2v) is 8.83. The first kappa shape index (κ1) is 23.3. The number of imidazole rings is 1. The van der Waals surface area contributed by atoms with Crippen LogP contribution in [0.25, 0.3) is 23.3 Å². The monoisotopic (exact) mass is 458 g/mol. The van der Waals surface area contributed by atoms with Gasteiger partial charge in [0, 0.05) is 12.7 Å². The van der Waals surface area contributed by atoms with Gasteiger partial charge in [0.15, 0.2) is 5.65 Å². The summed E-state index contributed by atoms with van der Waals surface area (Å²) in [5.41, 5.74) is -0.0614. The SMILES string of the molecule is C#CCn1c(=O)c2[nH]c(/C=C/c3cccc(OC)c3)nc2n(CCCCP(=O)(O)O)c1=O. The fourth-order valence-corrected chi connectivity index (χ4v) is 3.84. The van der Waals surface area contributed by atoms with E-state index in [4.69, 9.17) is 20.9 Å². The van der Waals surface area contributed by atoms with Crippen molar-refractivity contribution in [1.82, 2.24) is 19.1 Å². The molecule has 168 valence electrons. The number of fused-ring (bicyclic) bond motifs is 1. The highest BCUT2D eigenvalue weighted by molar-refractivity contribution is 7.51. The molecule has 0 fully saturated rings. The molecule has 0 radical (unpaired) electrons. The third-order valence-corrected chi connectivity index (χ3v) is 5.64. The van der Waals surface area contributed by atoms with Crippen LogP contribution in [0.1, 0.15) is 24.2 Å². The average Bonchev–Trinajstić information content (AvgIpc) is 3.18. The van der Waals surface area contributed by atoms with Gasteiger partial charge in [0.1, 0.15) is 17.1 Å². The van der Waals surface area contributed by atoms with Crippen LogP contribution < -0.4 is 16.0 Å². The highest BCUT2D eigenvalue weighted by Gasteiger charge is 2.17. The molecule has 0 bridgehead atoms. The van der Waals surface area contributed by atoms with E-state index in [1.54, 1.807) is 19.3 Å². The number of hydrogen-bond donors (Lipinski definition) is 3. The maximum Gasteiger partial charge on any atom is 0.333 e. The maximum atomic E-state index is 12.8. The van der Waals surface area contributed by atoms with Crippen molar-refractivity contribution in [3.8, 4) is 18.1 Å². The van der Waals surface area contributed by atoms with Crippen LogP contribution in [0.5, 0.6) is 5.75 Å². The molecule has 10 nitrogen and oxygen atoms in total. The van der Waals surface area contributed by atoms with Crippen molar-refractivity contribution in [3.05, 3.63) is 56.5 Å². The number of methoxy groups -OCH3 is 1. The molecular formula is C21H23N4O6P. The molecule has 2 heterocycles. The summed E-state index contributed by atoms with van der Waals surface area (Å²) < 4.78 is 18.5. The lowest BCUT2D eigenvalue weighted by Crippen LogP contribution is -2.40. The van der Waals surface area contributed by atoms with E-state index < -0.39 is 18.8 Å². The number of aromatic nitrogens is 4. The van der Waals surface area contributed by atoms with Gasteiger partial charge in [0.05, 0.1) is 13.7 Å². The molecule has 0 spiro atoms. The fourth-order valence-electron chi connectivity index (χ4n) is 3.20. The first-order valence-electron chi connectivity index (χ1n) is 9.77. The lowest BCUT2D eigenvalue weighted by atomic mass is 10.2. The van der Waals surface area contributed by atoms with Crippen LogP contribution >= 0.6 is 7.60 Å². The number of aryl methyl sites for hydroxylation is 1. The molecule has 0 unspecified atom stereocenters. The predicted octanol–water partition coefficient (Wildman–Crippen LogP) is 1.66. The van der Waals surface area contributed by atoms with Gasteiger partial charge < -0.3 is 19.5 Å². The number of terminal acetylenes is 1. The van der Waals surface area contributed by atoms with Crippen molar-refractivity contribution in [3.63, 3.8) is 0 Å². The molecular weight excluding hydrogens is 435 g/mol. The Labute approximate surface area is 183 Å². The second-order valence-electron chi connectivity index (χ2n) is 7.06. The molecule has 0 aliphatic rings. The first-order valence-corrected chi connectivity index (χ1v) is 11.6. The number of hydrogen-bond acceptors (Lipinski definition) is 5. The van der Waals surface area contributed by atoms with Gasteiger partial charge in [-0.3, -0.25) is 13.9 Å². The predicted molar refractivity (Wildman–Crippen MR) is 122 cm³/mol. The second kappa shape index (κ2) is 9.83. The zero-order chi connectivity index (χ0) is 23.3. The number of benzene rings is 1. The van der Waals surface area contributed by atoms with Crippen LogP contribution in [0.15, 0.2) is 33.9 Å². The van der Waals surface area contributed by atoms with Crippen molar-refractivity contribution in [2.24, 2.45) is 0 Å². The largest absolute Gasteiger partial charge is 0.497 e. The Morgan fingerprint density at radius 3 is 2.72 bits per heavy atom. The third kappa shape index (κ3) is 5.45. The Balaban J connectivity index is 1.99. The maximum absolute atomic E-state index is 12.8. The van der Waals surface area contributed by atoms with Gasteiger partial charge in [-0.1, -0.05) is 24.1 Å². The van der Waals surface area contributed by atoms with Crippen LogP contribution in [-0.2, 0) is 17.7 Å². The highest BCUT2D eigenvalue weighted by atomic mass is 31.2. The van der Waals surface area contributed by atoms with Gasteiger partial charge in [0.2, 0.25) is 0 Å². The fraction of sp³-hybridized carbons (Fsp3) is 0.286. The Morgan fingerprint density at radius 1 is 1.25 bits per heavy atom. The van der Waals surface area contributed by atoms with Crippen LogP contribution in [0.2, 0.25) is 0 Å². The molecule has 0 saturated carbocycles. The number of aromatic amines is 1. The van der Waals surface area contributed by atoms with E-state index >= 15 is 0 Å². The van der Waals surface area contributed by atoms with Crippen molar-refractivity contribution in [2.75, 3.05) is 13.3 Å². The van der Waals surface area contributed by atoms with E-state index in [-0.39, 0.29) is 36.8 Å². The summed E-state index contributed by atoms with van der Waals surface area (Å²) in [5, 5.41) is 0. The molecule has 2 aromatic heterocycles. The molecule has 0 aliphatic carbocycles. The van der Waals surface area contributed by atoms with Crippen LogP contribution in [-0.4, -0.2) is 42.2 Å². The lowest BCUT2D eigenvalue weighted by Gasteiger charge is -2.10. The van der Waals surface area contributed by atoms with Gasteiger partial charge in [0.25, 0.3) is 5.56 Å². The molecule has 0 atom stereocenters. The number of unbranched alkanes of at least 4 members (excludes halogenated alkanes) is 1. The number of ether oxygens (including phenoxy) is 1. The zero-order valence-corrected chi connectivity index (χ0v) is 18.3. The van der Waals surface area contributed by atoms with E-state index in [9.17, 15) is 14.2 Å². The summed E-state index contributed by atoms with van der Waals surface area (Å²) in [6.07, 6.45) is 9.00. The number of H-pyrrole nitrogens is 1. The molecule has 0 aliphatic heterocycles. The van der Waals surface area contributed by atoms with Gasteiger partial charge in [-0.2, -0.15) is 0 Å². The minimum Gasteiger partial charge on any atom is -0.497 e. The molecule has 0 amide bonds. The third-order valence-electron chi connectivity index (χ3n) is 4.74. The first-order chi connectivity index (χ1) is 15.2. The molecule has 3 N–H and O–H groups in total. The van der Waals surface area contributed by atoms with E-state index in [1.165, 1.54) is 4.57 Å². The van der Waals surface area contributed by atoms with E-state index in [2.05, 4.69) is 15.9 Å². The zero-order valence-electron chi connectivity index (χ0n) is 17.4. The number of nitrogens with one attached hydrogen (secondary N) is 1. The normalized spacial score (nSPS) is 11.8. The highest BCUT2D eigenvalue weighted by Crippen LogP contribution is 2.35. The smallest absolute Gasteiger partial charge is 0.333 e. The molecule has 0 saturated heterocycles. The molecule has 3 aromatic rings. The van der Waals surface area contributed by atoms with Gasteiger partial charge in [-0.25, -0.2) is 14.3 Å². The summed E-state index contributed by atoms with van der Waals surface area (Å²) in [7, 11) is -2.55. The Hall–Kier alpha value is -3.38.